The van der Waals surface area contributed by atoms with Crippen LogP contribution in [-0.2, 0) is 4.79 Å². The maximum absolute atomic E-state index is 13.3. The zero-order chi connectivity index (χ0) is 23.3. The van der Waals surface area contributed by atoms with Gasteiger partial charge in [0.15, 0.2) is 0 Å². The molecule has 4 aliphatic rings. The van der Waals surface area contributed by atoms with E-state index in [1.54, 1.807) is 0 Å². The van der Waals surface area contributed by atoms with Crippen molar-refractivity contribution in [2.24, 2.45) is 63.4 Å². The molecule has 4 rings (SSSR count). The third-order valence-corrected chi connectivity index (χ3v) is 11.4. The highest BCUT2D eigenvalue weighted by molar-refractivity contribution is 5.85. The number of nitroso groups, excluding NO2 is 1. The van der Waals surface area contributed by atoms with Gasteiger partial charge in [0.2, 0.25) is 0 Å². The summed E-state index contributed by atoms with van der Waals surface area (Å²) in [5.41, 5.74) is 1.05. The van der Waals surface area contributed by atoms with Crippen molar-refractivity contribution in [1.82, 2.24) is 0 Å². The minimum absolute atomic E-state index is 0.0326. The Morgan fingerprint density at radius 1 is 1.03 bits per heavy atom. The quantitative estimate of drug-likeness (QED) is 0.374. The Kier molecular flexibility index (Phi) is 6.78. The number of allylic oxidation sites excluding steroid dienone is 2. The van der Waals surface area contributed by atoms with E-state index in [-0.39, 0.29) is 11.3 Å². The molecule has 32 heavy (non-hydrogen) atoms. The Morgan fingerprint density at radius 2 is 1.75 bits per heavy atom. The van der Waals surface area contributed by atoms with E-state index in [0.717, 1.165) is 42.9 Å². The summed E-state index contributed by atoms with van der Waals surface area (Å²) >= 11 is 0. The minimum Gasteiger partial charge on any atom is -0.299 e. The van der Waals surface area contributed by atoms with Crippen LogP contribution in [0.5, 0.6) is 0 Å². The molecular weight excluding hydrogens is 394 g/mol. The molecule has 3 saturated carbocycles. The van der Waals surface area contributed by atoms with E-state index in [4.69, 9.17) is 0 Å². The third kappa shape index (κ3) is 3.84. The molecule has 0 aromatic heterocycles. The first-order valence-electron chi connectivity index (χ1n) is 13.7. The lowest BCUT2D eigenvalue weighted by molar-refractivity contribution is -0.146. The van der Waals surface area contributed by atoms with Crippen LogP contribution in [0.4, 0.5) is 0 Å². The molecule has 4 aliphatic carbocycles. The van der Waals surface area contributed by atoms with E-state index in [1.807, 2.05) is 6.08 Å². The number of fused-ring (bicyclic) bond motifs is 5. The first-order valence-corrected chi connectivity index (χ1v) is 13.7. The summed E-state index contributed by atoms with van der Waals surface area (Å²) in [6.45, 7) is 14.6. The van der Waals surface area contributed by atoms with E-state index in [1.165, 1.54) is 44.9 Å². The number of nitrogens with zero attached hydrogens (tertiary/aromatic N) is 1. The van der Waals surface area contributed by atoms with Gasteiger partial charge >= 0.3 is 0 Å². The molecule has 0 N–H and O–H groups in total. The van der Waals surface area contributed by atoms with Crippen molar-refractivity contribution in [2.75, 3.05) is 0 Å². The summed E-state index contributed by atoms with van der Waals surface area (Å²) in [4.78, 5) is 24.5. The van der Waals surface area contributed by atoms with Crippen molar-refractivity contribution in [3.8, 4) is 0 Å². The lowest BCUT2D eigenvalue weighted by atomic mass is 9.45. The maximum Gasteiger partial charge on any atom is 0.140 e. The Labute approximate surface area is 196 Å². The van der Waals surface area contributed by atoms with Crippen molar-refractivity contribution in [3.63, 3.8) is 0 Å². The predicted octanol–water partition coefficient (Wildman–Crippen LogP) is 8.18. The van der Waals surface area contributed by atoms with Crippen LogP contribution >= 0.6 is 0 Å². The fourth-order valence-corrected chi connectivity index (χ4v) is 9.38. The van der Waals surface area contributed by atoms with Gasteiger partial charge in [0.1, 0.15) is 5.78 Å². The minimum atomic E-state index is -0.0762. The van der Waals surface area contributed by atoms with Crippen LogP contribution < -0.4 is 0 Å². The fourth-order valence-electron chi connectivity index (χ4n) is 9.38. The van der Waals surface area contributed by atoms with Crippen molar-refractivity contribution < 1.29 is 4.79 Å². The molecule has 0 aromatic rings. The van der Waals surface area contributed by atoms with Crippen LogP contribution in [0.25, 0.3) is 0 Å². The molecule has 0 heterocycles. The molecule has 0 saturated heterocycles. The van der Waals surface area contributed by atoms with E-state index in [2.05, 4.69) is 46.7 Å². The van der Waals surface area contributed by atoms with Gasteiger partial charge in [0, 0.05) is 12.3 Å². The second-order valence-electron chi connectivity index (χ2n) is 13.0. The summed E-state index contributed by atoms with van der Waals surface area (Å²) in [5, 5.41) is 3.21. The largest absolute Gasteiger partial charge is 0.299 e. The monoisotopic (exact) mass is 441 g/mol. The zero-order valence-corrected chi connectivity index (χ0v) is 21.5. The van der Waals surface area contributed by atoms with Crippen molar-refractivity contribution in [1.29, 1.82) is 0 Å². The topological polar surface area (TPSA) is 46.5 Å². The summed E-state index contributed by atoms with van der Waals surface area (Å²) in [7, 11) is 0. The summed E-state index contributed by atoms with van der Waals surface area (Å²) in [6, 6.07) is 0. The molecule has 0 aromatic carbocycles. The number of rotatable bonds is 7. The van der Waals surface area contributed by atoms with Crippen molar-refractivity contribution in [2.45, 2.75) is 106 Å². The van der Waals surface area contributed by atoms with Crippen LogP contribution in [0, 0.1) is 63.1 Å². The van der Waals surface area contributed by atoms with Crippen LogP contribution in [0.3, 0.4) is 0 Å². The van der Waals surface area contributed by atoms with E-state index in [0.29, 0.717) is 34.6 Å². The highest BCUT2D eigenvalue weighted by atomic mass is 16.3. The van der Waals surface area contributed by atoms with Crippen LogP contribution in [0.15, 0.2) is 16.9 Å². The number of carbonyl (C=O) groups excluding carboxylic acids is 1. The zero-order valence-electron chi connectivity index (χ0n) is 21.5. The van der Waals surface area contributed by atoms with Gasteiger partial charge in [-0.1, -0.05) is 54.4 Å². The van der Waals surface area contributed by atoms with Crippen molar-refractivity contribution >= 4 is 5.78 Å². The molecule has 3 heteroatoms. The van der Waals surface area contributed by atoms with Gasteiger partial charge in [-0.15, -0.1) is 4.91 Å². The molecule has 180 valence electrons. The molecule has 9 atom stereocenters. The molecule has 2 unspecified atom stereocenters. The number of ketones is 1. The Hall–Kier alpha value is -0.990. The van der Waals surface area contributed by atoms with Gasteiger partial charge in [-0.25, -0.2) is 0 Å². The molecule has 0 radical (unpaired) electrons. The molecular formula is C29H47NO2. The lowest BCUT2D eigenvalue weighted by Crippen LogP contribution is -2.55. The Balaban J connectivity index is 1.51. The summed E-state index contributed by atoms with van der Waals surface area (Å²) in [6.07, 6.45) is 13.7. The molecule has 3 fully saturated rings. The van der Waals surface area contributed by atoms with E-state index in [9.17, 15) is 9.70 Å². The van der Waals surface area contributed by atoms with Crippen molar-refractivity contribution in [3.05, 3.63) is 16.7 Å². The van der Waals surface area contributed by atoms with Gasteiger partial charge in [-0.05, 0) is 108 Å². The van der Waals surface area contributed by atoms with Crippen LogP contribution in [-0.4, -0.2) is 5.78 Å². The van der Waals surface area contributed by atoms with E-state index < -0.39 is 0 Å². The summed E-state index contributed by atoms with van der Waals surface area (Å²) < 4.78 is 0. The van der Waals surface area contributed by atoms with Gasteiger partial charge in [0.25, 0.3) is 0 Å². The highest BCUT2D eigenvalue weighted by Gasteiger charge is 2.61. The summed E-state index contributed by atoms with van der Waals surface area (Å²) in [5.74, 6) is 5.45. The maximum atomic E-state index is 13.3. The number of Topliss-reactive ketones (excluding diaryl/α,β-unsaturated/α-hetero) is 1. The molecule has 0 bridgehead atoms. The van der Waals surface area contributed by atoms with Crippen LogP contribution in [0.1, 0.15) is 106 Å². The SMILES string of the molecule is CCC(CC[C@@H](C)[C@H]1CC[C@H]2[C@@H]3CC(=O)C4C=C(N=O)CC[C@]4(C)[C@H]3CC[C@]12C)C(C)C. The predicted molar refractivity (Wildman–Crippen MR) is 132 cm³/mol. The molecule has 3 nitrogen and oxygen atoms in total. The first kappa shape index (κ1) is 24.1. The fraction of sp³-hybridized carbons (Fsp3) is 0.897. The van der Waals surface area contributed by atoms with Crippen LogP contribution in [0.2, 0.25) is 0 Å². The normalized spacial score (nSPS) is 43.2. The Morgan fingerprint density at radius 3 is 2.41 bits per heavy atom. The third-order valence-electron chi connectivity index (χ3n) is 11.4. The van der Waals surface area contributed by atoms with Gasteiger partial charge in [-0.2, -0.15) is 0 Å². The Bertz CT molecular complexity index is 756. The lowest BCUT2D eigenvalue weighted by Gasteiger charge is -2.59. The second-order valence-corrected chi connectivity index (χ2v) is 13.0. The smallest absolute Gasteiger partial charge is 0.140 e. The number of hydrogen-bond donors (Lipinski definition) is 0. The second kappa shape index (κ2) is 8.99. The highest BCUT2D eigenvalue weighted by Crippen LogP contribution is 2.67. The van der Waals surface area contributed by atoms with Gasteiger partial charge in [-0.3, -0.25) is 4.79 Å². The van der Waals surface area contributed by atoms with Gasteiger partial charge < -0.3 is 0 Å². The molecule has 0 amide bonds. The number of hydrogen-bond acceptors (Lipinski definition) is 3. The first-order chi connectivity index (χ1) is 15.2. The average Bonchev–Trinajstić information content (AvgIpc) is 3.11. The standard InChI is InChI=1S/C29H47NO2/c1-7-20(18(2)3)9-8-19(4)23-10-11-24-22-17-27(31)26-16-21(30-32)12-14-29(26,6)25(22)13-15-28(23,24)5/h16,18-20,22-26H,7-15,17H2,1-6H3/t19-,20?,22+,23-,24+,25+,26?,28-,29-/m1/s1. The molecule has 0 spiro atoms. The van der Waals surface area contributed by atoms with Gasteiger partial charge in [0.05, 0.1) is 5.70 Å². The molecule has 0 aliphatic heterocycles. The van der Waals surface area contributed by atoms with E-state index >= 15 is 0 Å². The average molecular weight is 442 g/mol. The number of carbonyl (C=O) groups is 1.